The Kier molecular flexibility index (Phi) is 14.6. The number of aliphatic hydroxyl groups is 1. The number of aliphatic hydroxyl groups excluding tert-OH is 1. The molecular weight excluding hydrogens is 891 g/mol. The Balaban J connectivity index is 0.000000320. The van der Waals surface area contributed by atoms with Crippen LogP contribution in [-0.4, -0.2) is 15.9 Å². The average Bonchev–Trinajstić information content (AvgIpc) is 3.73. The van der Waals surface area contributed by atoms with Crippen molar-refractivity contribution in [3.63, 3.8) is 0 Å². The van der Waals surface area contributed by atoms with Crippen molar-refractivity contribution in [2.75, 3.05) is 0 Å². The van der Waals surface area contributed by atoms with Gasteiger partial charge in [-0.15, -0.1) is 51.8 Å². The zero-order valence-corrected chi connectivity index (χ0v) is 39.0. The number of benzene rings is 3. The number of allylic oxidation sites excluding steroid dienone is 2. The molecule has 0 aliphatic rings. The Morgan fingerprint density at radius 1 is 0.836 bits per heavy atom. The second-order valence-electron chi connectivity index (χ2n) is 17.0. The van der Waals surface area contributed by atoms with Crippen LogP contribution in [0.2, 0.25) is 0 Å². The van der Waals surface area contributed by atoms with Crippen molar-refractivity contribution in [3.8, 4) is 22.4 Å². The summed E-state index contributed by atoms with van der Waals surface area (Å²) < 4.78 is 1.36. The van der Waals surface area contributed by atoms with Gasteiger partial charge in [0.05, 0.1) is 0 Å². The molecule has 3 nitrogen and oxygen atoms in total. The van der Waals surface area contributed by atoms with Gasteiger partial charge in [-0.3, -0.25) is 9.78 Å². The smallest absolute Gasteiger partial charge is 0.164 e. The van der Waals surface area contributed by atoms with E-state index in [1.165, 1.54) is 53.4 Å². The minimum atomic E-state index is -0.337. The van der Waals surface area contributed by atoms with Crippen molar-refractivity contribution in [2.24, 2.45) is 16.7 Å². The maximum Gasteiger partial charge on any atom is 0.164 e. The monoisotopic (exact) mass is 951 g/mol. The van der Waals surface area contributed by atoms with Crippen LogP contribution in [0, 0.1) is 29.7 Å². The molecule has 3 aromatic heterocycles. The van der Waals surface area contributed by atoms with Gasteiger partial charge in [-0.1, -0.05) is 117 Å². The van der Waals surface area contributed by atoms with Crippen LogP contribution in [0.15, 0.2) is 78.6 Å². The SMILES string of the molecule is CCC(C)(CC)C(=O)/C=C(\O)C(C)(CC)CC.Cc1cc2c(-c3ccc4sc(CC(C)C)cc4c3)cc(-c3[c-]c4ccccc4c(C(C)(C)C)c3)nc2s1.[Ir]. The van der Waals surface area contributed by atoms with Crippen LogP contribution in [0.5, 0.6) is 0 Å². The molecule has 0 saturated heterocycles. The number of pyridine rings is 1. The molecule has 1 radical (unpaired) electrons. The zero-order valence-electron chi connectivity index (χ0n) is 35.0. The number of aryl methyl sites for hydroxylation is 1. The second kappa shape index (κ2) is 18.0. The molecule has 6 rings (SSSR count). The van der Waals surface area contributed by atoms with E-state index in [0.29, 0.717) is 5.92 Å². The normalized spacial score (nSPS) is 12.6. The third-order valence-electron chi connectivity index (χ3n) is 11.6. The number of carbonyl (C=O) groups excluding carboxylic acids is 1. The summed E-state index contributed by atoms with van der Waals surface area (Å²) in [6.07, 6.45) is 5.89. The molecule has 295 valence electrons. The summed E-state index contributed by atoms with van der Waals surface area (Å²) in [5.41, 5.74) is 5.31. The molecule has 0 saturated carbocycles. The Labute approximate surface area is 352 Å². The Hall–Kier alpha value is -3.15. The third kappa shape index (κ3) is 9.87. The first-order chi connectivity index (χ1) is 25.4. The van der Waals surface area contributed by atoms with E-state index in [-0.39, 0.29) is 47.9 Å². The fourth-order valence-electron chi connectivity index (χ4n) is 6.95. The molecule has 3 heterocycles. The number of fused-ring (bicyclic) bond motifs is 3. The minimum Gasteiger partial charge on any atom is -0.512 e. The van der Waals surface area contributed by atoms with Crippen molar-refractivity contribution in [2.45, 2.75) is 121 Å². The fourth-order valence-corrected chi connectivity index (χ4v) is 9.11. The van der Waals surface area contributed by atoms with Gasteiger partial charge in [-0.2, -0.15) is 0 Å². The molecule has 0 bridgehead atoms. The molecule has 3 aromatic carbocycles. The zero-order chi connectivity index (χ0) is 39.6. The van der Waals surface area contributed by atoms with Crippen molar-refractivity contribution < 1.29 is 30.0 Å². The standard InChI is InChI=1S/C34H32NS2.C15H28O2.Ir/c1-20(2)13-26-17-25-16-23(11-12-32(25)37-26)28-19-31(35-33-29(28)14-21(3)36-33)24-15-22-9-7-8-10-27(22)30(18-24)34(4,5)6;1-7-14(5,8-2)12(16)11-13(17)15(6,9-3)10-4;/h7-12,14,16-20H,13H2,1-6H3;11,16H,7-10H2,1-6H3;/q-1;;/b;12-11-;. The summed E-state index contributed by atoms with van der Waals surface area (Å²) in [4.78, 5) is 21.2. The molecule has 55 heavy (non-hydrogen) atoms. The average molecular weight is 951 g/mol. The molecule has 1 N–H and O–H groups in total. The van der Waals surface area contributed by atoms with Crippen LogP contribution in [0.25, 0.3) is 53.5 Å². The van der Waals surface area contributed by atoms with Crippen LogP contribution in [0.4, 0.5) is 0 Å². The molecule has 0 amide bonds. The summed E-state index contributed by atoms with van der Waals surface area (Å²) in [5, 5.41) is 15.1. The maximum atomic E-state index is 12.2. The summed E-state index contributed by atoms with van der Waals surface area (Å²) >= 11 is 3.70. The summed E-state index contributed by atoms with van der Waals surface area (Å²) in [7, 11) is 0. The first-order valence-corrected chi connectivity index (χ1v) is 21.4. The molecule has 0 spiro atoms. The van der Waals surface area contributed by atoms with Gasteiger partial charge in [-0.05, 0) is 91.1 Å². The van der Waals surface area contributed by atoms with E-state index >= 15 is 0 Å². The van der Waals surface area contributed by atoms with Gasteiger partial charge in [0.2, 0.25) is 0 Å². The fraction of sp³-hybridized carbons (Fsp3) is 0.429. The number of hydrogen-bond acceptors (Lipinski definition) is 5. The van der Waals surface area contributed by atoms with Crippen LogP contribution in [-0.2, 0) is 36.7 Å². The number of ketones is 1. The van der Waals surface area contributed by atoms with E-state index in [1.807, 2.05) is 52.9 Å². The van der Waals surface area contributed by atoms with E-state index in [0.717, 1.165) is 53.6 Å². The maximum absolute atomic E-state index is 12.2. The Morgan fingerprint density at radius 3 is 2.11 bits per heavy atom. The first-order valence-electron chi connectivity index (χ1n) is 19.8. The number of thiophene rings is 2. The van der Waals surface area contributed by atoms with E-state index in [2.05, 4.69) is 114 Å². The number of rotatable bonds is 11. The van der Waals surface area contributed by atoms with Crippen LogP contribution in [0.1, 0.15) is 117 Å². The summed E-state index contributed by atoms with van der Waals surface area (Å²) in [5.74, 6) is 0.952. The number of hydrogen-bond donors (Lipinski definition) is 1. The second-order valence-corrected chi connectivity index (χ2v) is 19.4. The Bertz CT molecular complexity index is 2290. The molecular formula is C49H60IrNO2S2-. The Morgan fingerprint density at radius 2 is 1.49 bits per heavy atom. The van der Waals surface area contributed by atoms with E-state index in [1.54, 1.807) is 11.3 Å². The van der Waals surface area contributed by atoms with E-state index < -0.39 is 0 Å². The predicted molar refractivity (Wildman–Crippen MR) is 237 cm³/mol. The van der Waals surface area contributed by atoms with Crippen molar-refractivity contribution in [1.82, 2.24) is 4.98 Å². The summed E-state index contributed by atoms with van der Waals surface area (Å²) in [6.45, 7) is 25.7. The molecule has 6 heteroatoms. The first kappa shape index (κ1) is 44.6. The molecule has 0 unspecified atom stereocenters. The van der Waals surface area contributed by atoms with Gasteiger partial charge in [-0.25, -0.2) is 0 Å². The van der Waals surface area contributed by atoms with E-state index in [9.17, 15) is 9.90 Å². The molecule has 6 aromatic rings. The molecule has 0 aliphatic heterocycles. The number of nitrogens with zero attached hydrogens (tertiary/aromatic N) is 1. The van der Waals surface area contributed by atoms with Crippen LogP contribution >= 0.6 is 22.7 Å². The topological polar surface area (TPSA) is 50.2 Å². The molecule has 0 aliphatic carbocycles. The quantitative estimate of drug-likeness (QED) is 0.0800. The van der Waals surface area contributed by atoms with Gasteiger partial charge in [0, 0.05) is 62.5 Å². The van der Waals surface area contributed by atoms with Crippen molar-refractivity contribution >= 4 is 59.5 Å². The predicted octanol–water partition coefficient (Wildman–Crippen LogP) is 15.3. The van der Waals surface area contributed by atoms with Crippen LogP contribution < -0.4 is 0 Å². The van der Waals surface area contributed by atoms with Crippen molar-refractivity contribution in [3.05, 3.63) is 99.9 Å². The third-order valence-corrected chi connectivity index (χ3v) is 13.7. The van der Waals surface area contributed by atoms with Gasteiger partial charge in [0.15, 0.2) is 5.78 Å². The molecule has 0 atom stereocenters. The van der Waals surface area contributed by atoms with Gasteiger partial charge < -0.3 is 5.11 Å². The number of carbonyl (C=O) groups is 1. The van der Waals surface area contributed by atoms with Crippen LogP contribution in [0.3, 0.4) is 0 Å². The largest absolute Gasteiger partial charge is 0.512 e. The summed E-state index contributed by atoms with van der Waals surface area (Å²) in [6, 6.07) is 28.5. The van der Waals surface area contributed by atoms with Crippen molar-refractivity contribution in [1.29, 1.82) is 0 Å². The van der Waals surface area contributed by atoms with Gasteiger partial charge in [0.25, 0.3) is 0 Å². The van der Waals surface area contributed by atoms with E-state index in [4.69, 9.17) is 4.98 Å². The van der Waals surface area contributed by atoms with Gasteiger partial charge >= 0.3 is 0 Å². The number of aromatic nitrogens is 1. The van der Waals surface area contributed by atoms with Gasteiger partial charge in [0.1, 0.15) is 10.6 Å². The minimum absolute atomic E-state index is 0. The molecule has 0 fully saturated rings.